The SMILES string of the molecule is Cc1ccc2c(CN3CCN(C)CC3)coc2c1. The van der Waals surface area contributed by atoms with E-state index >= 15 is 0 Å². The van der Waals surface area contributed by atoms with Crippen LogP contribution in [-0.2, 0) is 6.54 Å². The Balaban J connectivity index is 1.78. The normalized spacial score (nSPS) is 18.6. The van der Waals surface area contributed by atoms with Crippen molar-refractivity contribution in [2.24, 2.45) is 0 Å². The third-order valence-corrected chi connectivity index (χ3v) is 3.80. The summed E-state index contributed by atoms with van der Waals surface area (Å²) in [4.78, 5) is 4.89. The molecule has 18 heavy (non-hydrogen) atoms. The zero-order chi connectivity index (χ0) is 12.5. The molecule has 2 heterocycles. The van der Waals surface area contributed by atoms with E-state index in [1.54, 1.807) is 0 Å². The minimum atomic E-state index is 1.00. The van der Waals surface area contributed by atoms with Crippen LogP contribution in [0.3, 0.4) is 0 Å². The molecule has 0 unspecified atom stereocenters. The zero-order valence-electron chi connectivity index (χ0n) is 11.1. The van der Waals surface area contributed by atoms with Crippen molar-refractivity contribution in [1.29, 1.82) is 0 Å². The first kappa shape index (κ1) is 11.8. The Labute approximate surface area is 108 Å². The van der Waals surface area contributed by atoms with Crippen LogP contribution in [0.25, 0.3) is 11.0 Å². The number of hydrogen-bond acceptors (Lipinski definition) is 3. The van der Waals surface area contributed by atoms with Crippen LogP contribution in [0, 0.1) is 6.92 Å². The van der Waals surface area contributed by atoms with Crippen LogP contribution < -0.4 is 0 Å². The predicted molar refractivity (Wildman–Crippen MR) is 73.7 cm³/mol. The molecular formula is C15H20N2O. The van der Waals surface area contributed by atoms with E-state index in [1.807, 2.05) is 6.26 Å². The Hall–Kier alpha value is -1.32. The highest BCUT2D eigenvalue weighted by atomic mass is 16.3. The number of fused-ring (bicyclic) bond motifs is 1. The summed E-state index contributed by atoms with van der Waals surface area (Å²) in [6.45, 7) is 7.72. The largest absolute Gasteiger partial charge is 0.464 e. The fourth-order valence-electron chi connectivity index (χ4n) is 2.56. The van der Waals surface area contributed by atoms with Crippen molar-refractivity contribution in [3.63, 3.8) is 0 Å². The molecule has 0 radical (unpaired) electrons. The van der Waals surface area contributed by atoms with Crippen molar-refractivity contribution in [2.45, 2.75) is 13.5 Å². The second kappa shape index (κ2) is 4.75. The van der Waals surface area contributed by atoms with E-state index in [-0.39, 0.29) is 0 Å². The van der Waals surface area contributed by atoms with E-state index in [2.05, 4.69) is 42.0 Å². The van der Waals surface area contributed by atoms with E-state index in [0.717, 1.165) is 38.3 Å². The molecular weight excluding hydrogens is 224 g/mol. The van der Waals surface area contributed by atoms with E-state index in [9.17, 15) is 0 Å². The lowest BCUT2D eigenvalue weighted by Crippen LogP contribution is -2.43. The van der Waals surface area contributed by atoms with Crippen LogP contribution in [0.15, 0.2) is 28.9 Å². The summed E-state index contributed by atoms with van der Waals surface area (Å²) >= 11 is 0. The average molecular weight is 244 g/mol. The van der Waals surface area contributed by atoms with Gasteiger partial charge in [0, 0.05) is 43.7 Å². The lowest BCUT2D eigenvalue weighted by molar-refractivity contribution is 0.148. The fourth-order valence-corrected chi connectivity index (χ4v) is 2.56. The third-order valence-electron chi connectivity index (χ3n) is 3.80. The van der Waals surface area contributed by atoms with Gasteiger partial charge in [0.05, 0.1) is 6.26 Å². The van der Waals surface area contributed by atoms with Crippen LogP contribution >= 0.6 is 0 Å². The summed E-state index contributed by atoms with van der Waals surface area (Å²) in [7, 11) is 2.19. The molecule has 96 valence electrons. The summed E-state index contributed by atoms with van der Waals surface area (Å²) in [5.74, 6) is 0. The van der Waals surface area contributed by atoms with Crippen molar-refractivity contribution in [1.82, 2.24) is 9.80 Å². The van der Waals surface area contributed by atoms with Crippen LogP contribution in [0.4, 0.5) is 0 Å². The zero-order valence-corrected chi connectivity index (χ0v) is 11.1. The van der Waals surface area contributed by atoms with E-state index in [0.29, 0.717) is 0 Å². The smallest absolute Gasteiger partial charge is 0.134 e. The molecule has 0 saturated carbocycles. The van der Waals surface area contributed by atoms with Crippen LogP contribution in [0.5, 0.6) is 0 Å². The van der Waals surface area contributed by atoms with Gasteiger partial charge >= 0.3 is 0 Å². The van der Waals surface area contributed by atoms with Crippen molar-refractivity contribution >= 4 is 11.0 Å². The summed E-state index contributed by atoms with van der Waals surface area (Å²) in [5, 5.41) is 1.26. The van der Waals surface area contributed by atoms with Gasteiger partial charge in [0.1, 0.15) is 5.58 Å². The van der Waals surface area contributed by atoms with Crippen LogP contribution in [0.1, 0.15) is 11.1 Å². The van der Waals surface area contributed by atoms with Gasteiger partial charge in [0.15, 0.2) is 0 Å². The molecule has 0 spiro atoms. The molecule has 3 heteroatoms. The predicted octanol–water partition coefficient (Wildman–Crippen LogP) is 2.49. The van der Waals surface area contributed by atoms with E-state index in [4.69, 9.17) is 4.42 Å². The number of likely N-dealkylation sites (N-methyl/N-ethyl adjacent to an activating group) is 1. The number of benzene rings is 1. The monoisotopic (exact) mass is 244 g/mol. The number of rotatable bonds is 2. The number of piperazine rings is 1. The van der Waals surface area contributed by atoms with E-state index in [1.165, 1.54) is 16.5 Å². The first-order valence-electron chi connectivity index (χ1n) is 6.60. The summed E-state index contributed by atoms with van der Waals surface area (Å²) in [6.07, 6.45) is 1.92. The molecule has 1 aromatic carbocycles. The summed E-state index contributed by atoms with van der Waals surface area (Å²) in [6, 6.07) is 6.45. The van der Waals surface area contributed by atoms with Crippen molar-refractivity contribution < 1.29 is 4.42 Å². The van der Waals surface area contributed by atoms with Gasteiger partial charge in [0.25, 0.3) is 0 Å². The topological polar surface area (TPSA) is 19.6 Å². The van der Waals surface area contributed by atoms with Crippen molar-refractivity contribution in [3.8, 4) is 0 Å². The molecule has 0 bridgehead atoms. The molecule has 1 saturated heterocycles. The van der Waals surface area contributed by atoms with Gasteiger partial charge in [-0.3, -0.25) is 4.90 Å². The van der Waals surface area contributed by atoms with E-state index < -0.39 is 0 Å². The molecule has 3 rings (SSSR count). The Morgan fingerprint density at radius 2 is 1.94 bits per heavy atom. The van der Waals surface area contributed by atoms with Gasteiger partial charge in [-0.2, -0.15) is 0 Å². The average Bonchev–Trinajstić information content (AvgIpc) is 2.74. The highest BCUT2D eigenvalue weighted by Crippen LogP contribution is 2.23. The maximum atomic E-state index is 5.66. The number of nitrogens with zero attached hydrogens (tertiary/aromatic N) is 2. The first-order valence-corrected chi connectivity index (χ1v) is 6.60. The van der Waals surface area contributed by atoms with Crippen LogP contribution in [-0.4, -0.2) is 43.0 Å². The van der Waals surface area contributed by atoms with Gasteiger partial charge in [-0.25, -0.2) is 0 Å². The number of furan rings is 1. The summed E-state index contributed by atoms with van der Waals surface area (Å²) in [5.41, 5.74) is 3.58. The molecule has 2 aromatic rings. The van der Waals surface area contributed by atoms with Gasteiger partial charge in [-0.05, 0) is 25.6 Å². The second-order valence-electron chi connectivity index (χ2n) is 5.34. The Morgan fingerprint density at radius 3 is 2.72 bits per heavy atom. The maximum absolute atomic E-state index is 5.66. The Kier molecular flexibility index (Phi) is 3.10. The molecule has 3 nitrogen and oxygen atoms in total. The maximum Gasteiger partial charge on any atom is 0.134 e. The first-order chi connectivity index (χ1) is 8.72. The van der Waals surface area contributed by atoms with Crippen molar-refractivity contribution in [3.05, 3.63) is 35.6 Å². The van der Waals surface area contributed by atoms with Crippen molar-refractivity contribution in [2.75, 3.05) is 33.2 Å². The molecule has 1 aliphatic heterocycles. The molecule has 1 aromatic heterocycles. The standard InChI is InChI=1S/C15H20N2O/c1-12-3-4-14-13(11-18-15(14)9-12)10-17-7-5-16(2)6-8-17/h3-4,9,11H,5-8,10H2,1-2H3. The third kappa shape index (κ3) is 2.28. The minimum absolute atomic E-state index is 1.00. The van der Waals surface area contributed by atoms with Gasteiger partial charge in [0.2, 0.25) is 0 Å². The lowest BCUT2D eigenvalue weighted by Gasteiger charge is -2.32. The second-order valence-corrected chi connectivity index (χ2v) is 5.34. The highest BCUT2D eigenvalue weighted by molar-refractivity contribution is 5.81. The molecule has 0 N–H and O–H groups in total. The minimum Gasteiger partial charge on any atom is -0.464 e. The molecule has 0 amide bonds. The Bertz CT molecular complexity index is 538. The van der Waals surface area contributed by atoms with Gasteiger partial charge in [-0.1, -0.05) is 12.1 Å². The Morgan fingerprint density at radius 1 is 1.17 bits per heavy atom. The molecule has 1 aliphatic rings. The molecule has 1 fully saturated rings. The number of hydrogen-bond donors (Lipinski definition) is 0. The van der Waals surface area contributed by atoms with Gasteiger partial charge < -0.3 is 9.32 Å². The van der Waals surface area contributed by atoms with Crippen LogP contribution in [0.2, 0.25) is 0 Å². The molecule has 0 aliphatic carbocycles. The number of aryl methyl sites for hydroxylation is 1. The molecule has 0 atom stereocenters. The summed E-state index contributed by atoms with van der Waals surface area (Å²) < 4.78 is 5.66. The van der Waals surface area contributed by atoms with Gasteiger partial charge in [-0.15, -0.1) is 0 Å². The fraction of sp³-hybridized carbons (Fsp3) is 0.467. The highest BCUT2D eigenvalue weighted by Gasteiger charge is 2.16. The quantitative estimate of drug-likeness (QED) is 0.809. The lowest BCUT2D eigenvalue weighted by atomic mass is 10.1.